The van der Waals surface area contributed by atoms with Crippen molar-refractivity contribution >= 4 is 15.7 Å². The third kappa shape index (κ3) is 4.76. The molecule has 1 aromatic rings. The van der Waals surface area contributed by atoms with Gasteiger partial charge >= 0.3 is 0 Å². The van der Waals surface area contributed by atoms with Crippen LogP contribution in [0.5, 0.6) is 0 Å². The average molecular weight is 340 g/mol. The molecule has 128 valence electrons. The van der Waals surface area contributed by atoms with Gasteiger partial charge < -0.3 is 10.0 Å². The first-order valence-electron chi connectivity index (χ1n) is 7.81. The van der Waals surface area contributed by atoms with Gasteiger partial charge in [-0.25, -0.2) is 8.42 Å². The number of carbonyl (C=O) groups excluding carboxylic acids is 1. The van der Waals surface area contributed by atoms with E-state index in [1.165, 1.54) is 12.1 Å². The van der Waals surface area contributed by atoms with E-state index in [0.29, 0.717) is 25.2 Å². The van der Waals surface area contributed by atoms with E-state index in [4.69, 9.17) is 0 Å². The van der Waals surface area contributed by atoms with Crippen molar-refractivity contribution in [1.29, 1.82) is 0 Å². The Bertz CT molecular complexity index is 635. The number of rotatable bonds is 5. The summed E-state index contributed by atoms with van der Waals surface area (Å²) in [7, 11) is -3.25. The zero-order valence-electron chi connectivity index (χ0n) is 13.6. The van der Waals surface area contributed by atoms with Gasteiger partial charge in [-0.15, -0.1) is 0 Å². The molecule has 23 heavy (non-hydrogen) atoms. The van der Waals surface area contributed by atoms with Crippen molar-refractivity contribution in [1.82, 2.24) is 9.80 Å². The number of piperazine rings is 1. The topological polar surface area (TPSA) is 77.9 Å². The Kier molecular flexibility index (Phi) is 5.78. The second-order valence-corrected chi connectivity index (χ2v) is 7.97. The van der Waals surface area contributed by atoms with Crippen molar-refractivity contribution in [3.8, 4) is 0 Å². The molecular formula is C16H24N2O4S. The lowest BCUT2D eigenvalue weighted by molar-refractivity contribution is 0.0523. The molecule has 6 nitrogen and oxygen atoms in total. The van der Waals surface area contributed by atoms with Crippen LogP contribution < -0.4 is 0 Å². The number of carbonyl (C=O) groups is 1. The van der Waals surface area contributed by atoms with Crippen molar-refractivity contribution in [2.45, 2.75) is 24.3 Å². The molecule has 1 aromatic carbocycles. The van der Waals surface area contributed by atoms with Crippen molar-refractivity contribution < 1.29 is 18.3 Å². The summed E-state index contributed by atoms with van der Waals surface area (Å²) < 4.78 is 22.9. The van der Waals surface area contributed by atoms with Crippen LogP contribution in [0, 0.1) is 0 Å². The van der Waals surface area contributed by atoms with Gasteiger partial charge in [0.1, 0.15) is 0 Å². The molecule has 0 aromatic heterocycles. The normalized spacial score (nSPS) is 18.0. The molecule has 1 unspecified atom stereocenters. The molecule has 1 atom stereocenters. The van der Waals surface area contributed by atoms with Crippen LogP contribution in [0.1, 0.15) is 23.7 Å². The van der Waals surface area contributed by atoms with Gasteiger partial charge in [0.05, 0.1) is 11.0 Å². The number of benzene rings is 1. The summed E-state index contributed by atoms with van der Waals surface area (Å²) in [5.41, 5.74) is 0.499. The van der Waals surface area contributed by atoms with E-state index in [1.807, 2.05) is 6.92 Å². The number of nitrogens with zero attached hydrogens (tertiary/aromatic N) is 2. The molecule has 0 aliphatic carbocycles. The number of aliphatic hydroxyl groups is 1. The second kappa shape index (κ2) is 7.42. The Hall–Kier alpha value is -1.44. The minimum absolute atomic E-state index is 0.0826. The summed E-state index contributed by atoms with van der Waals surface area (Å²) in [5, 5.41) is 9.68. The Morgan fingerprint density at radius 3 is 2.22 bits per heavy atom. The van der Waals surface area contributed by atoms with Gasteiger partial charge in [0, 0.05) is 44.5 Å². The van der Waals surface area contributed by atoms with E-state index >= 15 is 0 Å². The summed E-state index contributed by atoms with van der Waals surface area (Å²) in [4.78, 5) is 16.6. The van der Waals surface area contributed by atoms with Gasteiger partial charge in [0.2, 0.25) is 0 Å². The van der Waals surface area contributed by atoms with Crippen LogP contribution in [-0.4, -0.2) is 74.3 Å². The number of hydrogen-bond donors (Lipinski definition) is 1. The van der Waals surface area contributed by atoms with Crippen molar-refractivity contribution in [2.75, 3.05) is 39.0 Å². The highest BCUT2D eigenvalue weighted by Gasteiger charge is 2.23. The quantitative estimate of drug-likeness (QED) is 0.850. The average Bonchev–Trinajstić information content (AvgIpc) is 2.54. The Morgan fingerprint density at radius 2 is 1.74 bits per heavy atom. The predicted molar refractivity (Wildman–Crippen MR) is 88.2 cm³/mol. The van der Waals surface area contributed by atoms with Crippen LogP contribution in [0.25, 0.3) is 0 Å². The highest BCUT2D eigenvalue weighted by Crippen LogP contribution is 2.13. The molecule has 0 radical (unpaired) electrons. The van der Waals surface area contributed by atoms with Gasteiger partial charge in [0.25, 0.3) is 5.91 Å². The smallest absolute Gasteiger partial charge is 0.253 e. The summed E-state index contributed by atoms with van der Waals surface area (Å²) >= 11 is 0. The van der Waals surface area contributed by atoms with E-state index in [1.54, 1.807) is 17.0 Å². The number of amides is 1. The summed E-state index contributed by atoms with van der Waals surface area (Å²) in [6.45, 7) is 5.30. The fraction of sp³-hybridized carbons (Fsp3) is 0.562. The number of aliphatic hydroxyl groups excluding tert-OH is 1. The fourth-order valence-electron chi connectivity index (χ4n) is 2.59. The molecule has 1 aliphatic rings. The van der Waals surface area contributed by atoms with E-state index in [0.717, 1.165) is 25.8 Å². The molecule has 2 rings (SSSR count). The second-order valence-electron chi connectivity index (χ2n) is 5.95. The van der Waals surface area contributed by atoms with Crippen LogP contribution in [0.2, 0.25) is 0 Å². The Labute approximate surface area is 137 Å². The third-order valence-corrected chi connectivity index (χ3v) is 5.26. The molecule has 0 spiro atoms. The highest BCUT2D eigenvalue weighted by molar-refractivity contribution is 7.90. The lowest BCUT2D eigenvalue weighted by Crippen LogP contribution is -2.50. The monoisotopic (exact) mass is 340 g/mol. The molecule has 1 saturated heterocycles. The zero-order chi connectivity index (χ0) is 17.0. The van der Waals surface area contributed by atoms with Gasteiger partial charge in [0.15, 0.2) is 9.84 Å². The maximum atomic E-state index is 12.5. The summed E-state index contributed by atoms with van der Waals surface area (Å²) in [6, 6.07) is 6.06. The van der Waals surface area contributed by atoms with Crippen LogP contribution in [0.15, 0.2) is 29.2 Å². The van der Waals surface area contributed by atoms with E-state index < -0.39 is 9.84 Å². The first-order valence-corrected chi connectivity index (χ1v) is 9.70. The maximum Gasteiger partial charge on any atom is 0.253 e. The third-order valence-electron chi connectivity index (χ3n) is 4.13. The molecule has 1 N–H and O–H groups in total. The van der Waals surface area contributed by atoms with Gasteiger partial charge in [-0.2, -0.15) is 0 Å². The molecule has 7 heteroatoms. The molecule has 1 aliphatic heterocycles. The number of β-amino-alcohol motifs (C(OH)–C–C–N with tert-alkyl or cyclic N) is 1. The fourth-order valence-corrected chi connectivity index (χ4v) is 3.22. The minimum Gasteiger partial charge on any atom is -0.392 e. The van der Waals surface area contributed by atoms with Gasteiger partial charge in [-0.1, -0.05) is 6.92 Å². The highest BCUT2D eigenvalue weighted by atomic mass is 32.2. The van der Waals surface area contributed by atoms with Crippen LogP contribution in [0.4, 0.5) is 0 Å². The molecule has 1 fully saturated rings. The van der Waals surface area contributed by atoms with Gasteiger partial charge in [-0.3, -0.25) is 9.69 Å². The molecule has 0 saturated carbocycles. The van der Waals surface area contributed by atoms with Gasteiger partial charge in [-0.05, 0) is 30.7 Å². The molecule has 0 bridgehead atoms. The first kappa shape index (κ1) is 17.9. The van der Waals surface area contributed by atoms with E-state index in [-0.39, 0.29) is 16.9 Å². The lowest BCUT2D eigenvalue weighted by Gasteiger charge is -2.35. The van der Waals surface area contributed by atoms with E-state index in [2.05, 4.69) is 4.90 Å². The maximum absolute atomic E-state index is 12.5. The minimum atomic E-state index is -3.25. The molecule has 1 amide bonds. The Morgan fingerprint density at radius 1 is 1.17 bits per heavy atom. The number of hydrogen-bond acceptors (Lipinski definition) is 5. The SMILES string of the molecule is CCC(O)CN1CCN(C(=O)c2ccc(S(C)(=O)=O)cc2)CC1. The Balaban J connectivity index is 1.95. The molecule has 1 heterocycles. The summed E-state index contributed by atoms with van der Waals surface area (Å²) in [6.07, 6.45) is 1.56. The van der Waals surface area contributed by atoms with Crippen LogP contribution >= 0.6 is 0 Å². The summed E-state index contributed by atoms with van der Waals surface area (Å²) in [5.74, 6) is -0.0826. The van der Waals surface area contributed by atoms with Crippen molar-refractivity contribution in [2.24, 2.45) is 0 Å². The van der Waals surface area contributed by atoms with Crippen LogP contribution in [0.3, 0.4) is 0 Å². The van der Waals surface area contributed by atoms with Crippen molar-refractivity contribution in [3.63, 3.8) is 0 Å². The van der Waals surface area contributed by atoms with E-state index in [9.17, 15) is 18.3 Å². The number of sulfone groups is 1. The standard InChI is InChI=1S/C16H24N2O4S/c1-3-14(19)12-17-8-10-18(11-9-17)16(20)13-4-6-15(7-5-13)23(2,21)22/h4-7,14,19H,3,8-12H2,1-2H3. The largest absolute Gasteiger partial charge is 0.392 e. The first-order chi connectivity index (χ1) is 10.8. The van der Waals surface area contributed by atoms with Crippen molar-refractivity contribution in [3.05, 3.63) is 29.8 Å². The predicted octanol–water partition coefficient (Wildman–Crippen LogP) is 0.619. The van der Waals surface area contributed by atoms with Crippen LogP contribution in [-0.2, 0) is 9.84 Å². The molecular weight excluding hydrogens is 316 g/mol. The zero-order valence-corrected chi connectivity index (χ0v) is 14.4. The lowest BCUT2D eigenvalue weighted by atomic mass is 10.1.